The SMILES string of the molecule is COC(=O)C1(C(=O)OC)CC2=CC(=O)[C@H]3CCC[C@H]1[C@@H]23. The Morgan fingerprint density at radius 2 is 1.85 bits per heavy atom. The first-order valence-corrected chi connectivity index (χ1v) is 6.97. The Morgan fingerprint density at radius 1 is 1.20 bits per heavy atom. The quantitative estimate of drug-likeness (QED) is 0.562. The largest absolute Gasteiger partial charge is 0.468 e. The summed E-state index contributed by atoms with van der Waals surface area (Å²) >= 11 is 0. The summed E-state index contributed by atoms with van der Waals surface area (Å²) in [4.78, 5) is 36.6. The molecule has 0 aromatic carbocycles. The molecule has 3 aliphatic rings. The van der Waals surface area contributed by atoms with Crippen LogP contribution in [0.5, 0.6) is 0 Å². The summed E-state index contributed by atoms with van der Waals surface area (Å²) in [6.07, 6.45) is 4.37. The Kier molecular flexibility index (Phi) is 2.96. The summed E-state index contributed by atoms with van der Waals surface area (Å²) in [5.41, 5.74) is -0.320. The first-order valence-electron chi connectivity index (χ1n) is 6.97. The van der Waals surface area contributed by atoms with E-state index in [1.54, 1.807) is 6.08 Å². The normalized spacial score (nSPS) is 33.4. The number of carbonyl (C=O) groups is 3. The Bertz CT molecular complexity index is 502. The fourth-order valence-corrected chi connectivity index (χ4v) is 4.49. The van der Waals surface area contributed by atoms with Gasteiger partial charge in [0.1, 0.15) is 0 Å². The summed E-state index contributed by atoms with van der Waals surface area (Å²) in [7, 11) is 2.59. The van der Waals surface area contributed by atoms with Crippen molar-refractivity contribution in [2.45, 2.75) is 25.7 Å². The minimum Gasteiger partial charge on any atom is -0.468 e. The number of carbonyl (C=O) groups excluding carboxylic acids is 3. The minimum absolute atomic E-state index is 0.0226. The lowest BCUT2D eigenvalue weighted by Gasteiger charge is -2.37. The highest BCUT2D eigenvalue weighted by Gasteiger charge is 2.66. The van der Waals surface area contributed by atoms with Gasteiger partial charge in [-0.15, -0.1) is 0 Å². The third-order valence-corrected chi connectivity index (χ3v) is 5.23. The summed E-state index contributed by atoms with van der Waals surface area (Å²) < 4.78 is 9.78. The molecule has 5 nitrogen and oxygen atoms in total. The van der Waals surface area contributed by atoms with Gasteiger partial charge in [-0.2, -0.15) is 0 Å². The first-order chi connectivity index (χ1) is 9.56. The minimum atomic E-state index is -1.25. The Labute approximate surface area is 117 Å². The average molecular weight is 278 g/mol. The molecule has 108 valence electrons. The highest BCUT2D eigenvalue weighted by Crippen LogP contribution is 2.61. The Balaban J connectivity index is 2.09. The average Bonchev–Trinajstić information content (AvgIpc) is 2.97. The number of hydrogen-bond acceptors (Lipinski definition) is 5. The molecule has 0 aromatic heterocycles. The van der Waals surface area contributed by atoms with E-state index in [9.17, 15) is 14.4 Å². The van der Waals surface area contributed by atoms with Crippen LogP contribution < -0.4 is 0 Å². The number of allylic oxidation sites excluding steroid dienone is 2. The second-order valence-electron chi connectivity index (χ2n) is 5.92. The van der Waals surface area contributed by atoms with E-state index in [1.165, 1.54) is 14.2 Å². The first kappa shape index (κ1) is 13.3. The van der Waals surface area contributed by atoms with Crippen LogP contribution in [0.2, 0.25) is 0 Å². The number of methoxy groups -OCH3 is 2. The van der Waals surface area contributed by atoms with Crippen molar-refractivity contribution in [1.82, 2.24) is 0 Å². The smallest absolute Gasteiger partial charge is 0.323 e. The standard InChI is InChI=1S/C15H18O5/c1-19-13(17)15(14(18)20-2)7-8-6-11(16)9-4-3-5-10(15)12(8)9/h6,9-10,12H,3-5,7H2,1-2H3/t9-,10+,12+/m1/s1. The van der Waals surface area contributed by atoms with Gasteiger partial charge in [0.05, 0.1) is 14.2 Å². The molecule has 3 aliphatic carbocycles. The molecule has 2 saturated carbocycles. The molecular formula is C15H18O5. The van der Waals surface area contributed by atoms with E-state index < -0.39 is 17.4 Å². The van der Waals surface area contributed by atoms with Crippen LogP contribution in [0, 0.1) is 23.2 Å². The van der Waals surface area contributed by atoms with Crippen molar-refractivity contribution in [2.75, 3.05) is 14.2 Å². The number of hydrogen-bond donors (Lipinski definition) is 0. The molecular weight excluding hydrogens is 260 g/mol. The van der Waals surface area contributed by atoms with E-state index in [0.717, 1.165) is 24.8 Å². The highest BCUT2D eigenvalue weighted by atomic mass is 16.5. The third-order valence-electron chi connectivity index (χ3n) is 5.23. The van der Waals surface area contributed by atoms with Gasteiger partial charge in [-0.25, -0.2) is 0 Å². The predicted molar refractivity (Wildman–Crippen MR) is 68.5 cm³/mol. The highest BCUT2D eigenvalue weighted by molar-refractivity contribution is 6.04. The second-order valence-corrected chi connectivity index (χ2v) is 5.92. The number of ether oxygens (including phenoxy) is 2. The molecule has 0 spiro atoms. The van der Waals surface area contributed by atoms with Gasteiger partial charge in [-0.05, 0) is 37.2 Å². The molecule has 0 N–H and O–H groups in total. The molecule has 3 rings (SSSR count). The Morgan fingerprint density at radius 3 is 2.45 bits per heavy atom. The maximum atomic E-state index is 12.3. The van der Waals surface area contributed by atoms with E-state index in [4.69, 9.17) is 9.47 Å². The second kappa shape index (κ2) is 4.43. The van der Waals surface area contributed by atoms with Gasteiger partial charge in [0.2, 0.25) is 0 Å². The van der Waals surface area contributed by atoms with Gasteiger partial charge in [-0.3, -0.25) is 14.4 Å². The molecule has 0 aliphatic heterocycles. The topological polar surface area (TPSA) is 69.7 Å². The zero-order valence-electron chi connectivity index (χ0n) is 11.7. The molecule has 0 bridgehead atoms. The Hall–Kier alpha value is -1.65. The number of esters is 2. The molecule has 0 saturated heterocycles. The molecule has 0 radical (unpaired) electrons. The number of ketones is 1. The van der Waals surface area contributed by atoms with Crippen LogP contribution in [-0.4, -0.2) is 31.9 Å². The lowest BCUT2D eigenvalue weighted by Crippen LogP contribution is -2.47. The summed E-state index contributed by atoms with van der Waals surface area (Å²) in [6, 6.07) is 0. The fourth-order valence-electron chi connectivity index (χ4n) is 4.49. The molecule has 20 heavy (non-hydrogen) atoms. The van der Waals surface area contributed by atoms with Crippen LogP contribution >= 0.6 is 0 Å². The zero-order valence-corrected chi connectivity index (χ0v) is 11.7. The molecule has 0 heterocycles. The van der Waals surface area contributed by atoms with Gasteiger partial charge in [-0.1, -0.05) is 12.0 Å². The molecule has 0 unspecified atom stereocenters. The maximum Gasteiger partial charge on any atom is 0.323 e. The van der Waals surface area contributed by atoms with E-state index in [0.29, 0.717) is 0 Å². The fraction of sp³-hybridized carbons (Fsp3) is 0.667. The van der Waals surface area contributed by atoms with Crippen molar-refractivity contribution in [3.63, 3.8) is 0 Å². The van der Waals surface area contributed by atoms with Crippen molar-refractivity contribution in [2.24, 2.45) is 23.2 Å². The number of rotatable bonds is 2. The van der Waals surface area contributed by atoms with Crippen molar-refractivity contribution < 1.29 is 23.9 Å². The van der Waals surface area contributed by atoms with Crippen LogP contribution in [0.25, 0.3) is 0 Å². The van der Waals surface area contributed by atoms with Crippen LogP contribution in [0.4, 0.5) is 0 Å². The monoisotopic (exact) mass is 278 g/mol. The van der Waals surface area contributed by atoms with Crippen molar-refractivity contribution in [1.29, 1.82) is 0 Å². The van der Waals surface area contributed by atoms with Crippen molar-refractivity contribution in [3.05, 3.63) is 11.6 Å². The molecule has 3 atom stereocenters. The van der Waals surface area contributed by atoms with E-state index >= 15 is 0 Å². The lowest BCUT2D eigenvalue weighted by atomic mass is 9.66. The van der Waals surface area contributed by atoms with Gasteiger partial charge in [0.25, 0.3) is 0 Å². The zero-order chi connectivity index (χ0) is 14.5. The van der Waals surface area contributed by atoms with Crippen LogP contribution in [0.15, 0.2) is 11.6 Å². The molecule has 5 heteroatoms. The van der Waals surface area contributed by atoms with Crippen LogP contribution in [0.1, 0.15) is 25.7 Å². The molecule has 0 amide bonds. The van der Waals surface area contributed by atoms with E-state index in [-0.39, 0.29) is 30.0 Å². The van der Waals surface area contributed by atoms with E-state index in [1.807, 2.05) is 0 Å². The summed E-state index contributed by atoms with van der Waals surface area (Å²) in [5.74, 6) is -1.11. The van der Waals surface area contributed by atoms with Crippen molar-refractivity contribution in [3.8, 4) is 0 Å². The maximum absolute atomic E-state index is 12.3. The summed E-state index contributed by atoms with van der Waals surface area (Å²) in [6.45, 7) is 0. The van der Waals surface area contributed by atoms with Gasteiger partial charge < -0.3 is 9.47 Å². The predicted octanol–water partition coefficient (Wildman–Crippen LogP) is 1.26. The van der Waals surface area contributed by atoms with Crippen LogP contribution in [-0.2, 0) is 23.9 Å². The van der Waals surface area contributed by atoms with Gasteiger partial charge in [0.15, 0.2) is 11.2 Å². The van der Waals surface area contributed by atoms with Gasteiger partial charge in [0, 0.05) is 5.92 Å². The molecule has 2 fully saturated rings. The lowest BCUT2D eigenvalue weighted by molar-refractivity contribution is -0.174. The van der Waals surface area contributed by atoms with Crippen molar-refractivity contribution >= 4 is 17.7 Å². The third kappa shape index (κ3) is 1.46. The van der Waals surface area contributed by atoms with Crippen LogP contribution in [0.3, 0.4) is 0 Å². The molecule has 0 aromatic rings. The summed E-state index contributed by atoms with van der Waals surface area (Å²) in [5, 5.41) is 0. The van der Waals surface area contributed by atoms with E-state index in [2.05, 4.69) is 0 Å². The van der Waals surface area contributed by atoms with Gasteiger partial charge >= 0.3 is 11.9 Å².